The fraction of sp³-hybridized carbons (Fsp3) is 0.300. The van der Waals surface area contributed by atoms with Crippen molar-refractivity contribution in [2.45, 2.75) is 18.9 Å². The van der Waals surface area contributed by atoms with Gasteiger partial charge in [-0.2, -0.15) is 0 Å². The van der Waals surface area contributed by atoms with E-state index < -0.39 is 11.9 Å². The second-order valence-corrected chi connectivity index (χ2v) is 3.50. The number of carbonyl (C=O) groups is 2. The van der Waals surface area contributed by atoms with E-state index in [0.717, 1.165) is 12.8 Å². The van der Waals surface area contributed by atoms with Gasteiger partial charge in [0, 0.05) is 12.1 Å². The van der Waals surface area contributed by atoms with Crippen molar-refractivity contribution < 1.29 is 24.5 Å². The molecular formula is C10H9NO5. The summed E-state index contributed by atoms with van der Waals surface area (Å²) in [5.74, 6) is -2.31. The Morgan fingerprint density at radius 1 is 1.19 bits per heavy atom. The minimum atomic E-state index is -1.27. The molecule has 1 heterocycles. The van der Waals surface area contributed by atoms with Gasteiger partial charge in [-0.1, -0.05) is 0 Å². The van der Waals surface area contributed by atoms with Crippen molar-refractivity contribution in [3.63, 3.8) is 0 Å². The number of ether oxygens (including phenoxy) is 1. The second kappa shape index (κ2) is 3.80. The van der Waals surface area contributed by atoms with Crippen molar-refractivity contribution >= 4 is 11.9 Å². The van der Waals surface area contributed by atoms with E-state index in [0.29, 0.717) is 0 Å². The van der Waals surface area contributed by atoms with Gasteiger partial charge in [0.05, 0.1) is 6.10 Å². The molecule has 1 aliphatic carbocycles. The summed E-state index contributed by atoms with van der Waals surface area (Å²) in [6.45, 7) is 0. The number of aromatic nitrogens is 1. The Morgan fingerprint density at radius 2 is 1.69 bits per heavy atom. The summed E-state index contributed by atoms with van der Waals surface area (Å²) in [5.41, 5.74) is -0.647. The summed E-state index contributed by atoms with van der Waals surface area (Å²) < 4.78 is 5.34. The lowest BCUT2D eigenvalue weighted by Gasteiger charge is -2.06. The average molecular weight is 223 g/mol. The van der Waals surface area contributed by atoms with Gasteiger partial charge in [-0.05, 0) is 12.8 Å². The largest absolute Gasteiger partial charge is 0.490 e. The Labute approximate surface area is 90.5 Å². The molecule has 0 atom stereocenters. The molecule has 16 heavy (non-hydrogen) atoms. The van der Waals surface area contributed by atoms with E-state index in [1.807, 2.05) is 0 Å². The van der Waals surface area contributed by atoms with Crippen LogP contribution in [0.3, 0.4) is 0 Å². The Bertz CT molecular complexity index is 420. The quantitative estimate of drug-likeness (QED) is 0.790. The molecule has 1 fully saturated rings. The first-order valence-corrected chi connectivity index (χ1v) is 4.71. The van der Waals surface area contributed by atoms with Gasteiger partial charge in [-0.25, -0.2) is 14.6 Å². The molecule has 1 aliphatic rings. The summed E-state index contributed by atoms with van der Waals surface area (Å²) in [6.07, 6.45) is 1.89. The predicted molar refractivity (Wildman–Crippen MR) is 51.8 cm³/mol. The van der Waals surface area contributed by atoms with Crippen molar-refractivity contribution in [3.05, 3.63) is 23.5 Å². The molecule has 1 aromatic rings. The van der Waals surface area contributed by atoms with Gasteiger partial charge < -0.3 is 14.9 Å². The number of hydrogen-bond acceptors (Lipinski definition) is 4. The van der Waals surface area contributed by atoms with Crippen LogP contribution < -0.4 is 4.74 Å². The molecule has 0 spiro atoms. The highest BCUT2D eigenvalue weighted by molar-refractivity contribution is 5.90. The molecule has 0 aromatic carbocycles. The second-order valence-electron chi connectivity index (χ2n) is 3.50. The van der Waals surface area contributed by atoms with E-state index in [9.17, 15) is 9.59 Å². The number of nitrogens with zero attached hydrogens (tertiary/aromatic N) is 1. The molecule has 0 bridgehead atoms. The Balaban J connectivity index is 2.35. The van der Waals surface area contributed by atoms with Gasteiger partial charge >= 0.3 is 11.9 Å². The summed E-state index contributed by atoms with van der Waals surface area (Å²) in [5, 5.41) is 17.5. The van der Waals surface area contributed by atoms with E-state index in [1.54, 1.807) is 0 Å². The lowest BCUT2D eigenvalue weighted by Crippen LogP contribution is -2.09. The van der Waals surface area contributed by atoms with Crippen LogP contribution in [0.1, 0.15) is 33.8 Å². The molecule has 0 radical (unpaired) electrons. The normalized spacial score (nSPS) is 14.5. The van der Waals surface area contributed by atoms with Gasteiger partial charge in [0.2, 0.25) is 0 Å². The van der Waals surface area contributed by atoms with Crippen LogP contribution in [0.25, 0.3) is 0 Å². The zero-order chi connectivity index (χ0) is 11.7. The Kier molecular flexibility index (Phi) is 2.47. The average Bonchev–Trinajstić information content (AvgIpc) is 3.01. The predicted octanol–water partition coefficient (Wildman–Crippen LogP) is 1.02. The van der Waals surface area contributed by atoms with Crippen molar-refractivity contribution in [2.75, 3.05) is 0 Å². The molecular weight excluding hydrogens is 214 g/mol. The lowest BCUT2D eigenvalue weighted by molar-refractivity contribution is 0.0683. The molecule has 1 saturated carbocycles. The van der Waals surface area contributed by atoms with Gasteiger partial charge in [0.25, 0.3) is 0 Å². The van der Waals surface area contributed by atoms with Crippen LogP contribution in [0.5, 0.6) is 5.75 Å². The summed E-state index contributed by atoms with van der Waals surface area (Å²) in [6, 6.07) is 2.46. The molecule has 0 saturated heterocycles. The topological polar surface area (TPSA) is 96.7 Å². The van der Waals surface area contributed by atoms with Crippen LogP contribution in [-0.4, -0.2) is 33.2 Å². The number of carboxylic acid groups (broad SMARTS) is 2. The molecule has 2 rings (SSSR count). The number of aromatic carboxylic acids is 2. The van der Waals surface area contributed by atoms with Crippen molar-refractivity contribution in [1.82, 2.24) is 4.98 Å². The molecule has 0 unspecified atom stereocenters. The lowest BCUT2D eigenvalue weighted by atomic mass is 10.3. The highest BCUT2D eigenvalue weighted by atomic mass is 16.5. The smallest absolute Gasteiger partial charge is 0.354 e. The highest BCUT2D eigenvalue weighted by Crippen LogP contribution is 2.27. The Hall–Kier alpha value is -2.11. The van der Waals surface area contributed by atoms with Gasteiger partial charge in [0.1, 0.15) is 5.75 Å². The minimum absolute atomic E-state index is 0.0747. The Morgan fingerprint density at radius 3 is 2.06 bits per heavy atom. The van der Waals surface area contributed by atoms with Crippen LogP contribution in [0.2, 0.25) is 0 Å². The first kappa shape index (κ1) is 10.4. The number of carboxylic acids is 2. The number of pyridine rings is 1. The maximum Gasteiger partial charge on any atom is 0.354 e. The van der Waals surface area contributed by atoms with Crippen molar-refractivity contribution in [1.29, 1.82) is 0 Å². The zero-order valence-electron chi connectivity index (χ0n) is 8.21. The van der Waals surface area contributed by atoms with Gasteiger partial charge in [-0.3, -0.25) is 0 Å². The molecule has 2 N–H and O–H groups in total. The standard InChI is InChI=1S/C10H9NO5/c12-9(13)7-3-6(16-5-1-2-5)4-8(11-7)10(14)15/h3-5H,1-2H2,(H,12,13)(H,14,15). The van der Waals surface area contributed by atoms with E-state index in [-0.39, 0.29) is 23.2 Å². The molecule has 1 aromatic heterocycles. The van der Waals surface area contributed by atoms with Gasteiger partial charge in [-0.15, -0.1) is 0 Å². The SMILES string of the molecule is O=C(O)c1cc(OC2CC2)cc(C(=O)O)n1. The molecule has 6 nitrogen and oxygen atoms in total. The van der Waals surface area contributed by atoms with Crippen molar-refractivity contribution in [3.8, 4) is 5.75 Å². The van der Waals surface area contributed by atoms with E-state index in [2.05, 4.69) is 4.98 Å². The fourth-order valence-corrected chi connectivity index (χ4v) is 1.17. The van der Waals surface area contributed by atoms with Crippen LogP contribution in [0.4, 0.5) is 0 Å². The van der Waals surface area contributed by atoms with E-state index in [4.69, 9.17) is 14.9 Å². The monoisotopic (exact) mass is 223 g/mol. The summed E-state index contributed by atoms with van der Waals surface area (Å²) in [4.78, 5) is 24.9. The fourth-order valence-electron chi connectivity index (χ4n) is 1.17. The third-order valence-electron chi connectivity index (χ3n) is 2.06. The summed E-state index contributed by atoms with van der Waals surface area (Å²) >= 11 is 0. The van der Waals surface area contributed by atoms with Crippen LogP contribution in [-0.2, 0) is 0 Å². The van der Waals surface area contributed by atoms with Crippen LogP contribution in [0, 0.1) is 0 Å². The highest BCUT2D eigenvalue weighted by Gasteiger charge is 2.24. The molecule has 6 heteroatoms. The maximum absolute atomic E-state index is 10.7. The summed E-state index contributed by atoms with van der Waals surface area (Å²) in [7, 11) is 0. The van der Waals surface area contributed by atoms with E-state index in [1.165, 1.54) is 12.1 Å². The third-order valence-corrected chi connectivity index (χ3v) is 2.06. The number of rotatable bonds is 4. The minimum Gasteiger partial charge on any atom is -0.490 e. The van der Waals surface area contributed by atoms with E-state index >= 15 is 0 Å². The molecule has 0 aliphatic heterocycles. The third kappa shape index (κ3) is 2.28. The maximum atomic E-state index is 10.7. The molecule has 84 valence electrons. The van der Waals surface area contributed by atoms with Crippen molar-refractivity contribution in [2.24, 2.45) is 0 Å². The number of hydrogen-bond donors (Lipinski definition) is 2. The first-order valence-electron chi connectivity index (χ1n) is 4.71. The van der Waals surface area contributed by atoms with Crippen LogP contribution >= 0.6 is 0 Å². The zero-order valence-corrected chi connectivity index (χ0v) is 8.21. The first-order chi connectivity index (χ1) is 7.56. The van der Waals surface area contributed by atoms with Crippen LogP contribution in [0.15, 0.2) is 12.1 Å². The molecule has 0 amide bonds. The van der Waals surface area contributed by atoms with Gasteiger partial charge in [0.15, 0.2) is 11.4 Å².